The van der Waals surface area contributed by atoms with Gasteiger partial charge in [-0.3, -0.25) is 9.20 Å². The van der Waals surface area contributed by atoms with Crippen molar-refractivity contribution < 1.29 is 0 Å². The molecule has 86 valence electrons. The van der Waals surface area contributed by atoms with Crippen molar-refractivity contribution in [3.05, 3.63) is 58.2 Å². The van der Waals surface area contributed by atoms with Gasteiger partial charge >= 0.3 is 0 Å². The number of para-hydroxylation sites is 1. The molecule has 0 saturated heterocycles. The molecule has 3 aromatic heterocycles. The fraction of sp³-hybridized carbons (Fsp3) is 0. The Morgan fingerprint density at radius 1 is 1.11 bits per heavy atom. The Hall–Kier alpha value is -2.20. The molecule has 4 heteroatoms. The summed E-state index contributed by atoms with van der Waals surface area (Å²) in [6.07, 6.45) is 1.81. The topological polar surface area (TPSA) is 34.4 Å². The molecule has 0 radical (unpaired) electrons. The fourth-order valence-corrected chi connectivity index (χ4v) is 3.01. The molecule has 0 unspecified atom stereocenters. The van der Waals surface area contributed by atoms with E-state index in [-0.39, 0.29) is 5.43 Å². The van der Waals surface area contributed by atoms with Crippen LogP contribution in [0, 0.1) is 0 Å². The van der Waals surface area contributed by atoms with Gasteiger partial charge in [-0.25, -0.2) is 4.98 Å². The van der Waals surface area contributed by atoms with Crippen LogP contribution in [0.25, 0.3) is 27.1 Å². The SMILES string of the molecule is O=c1ccn2c(-c3cccs3)nc3cccc1c32. The second kappa shape index (κ2) is 3.40. The van der Waals surface area contributed by atoms with Crippen molar-refractivity contribution in [1.29, 1.82) is 0 Å². The maximum Gasteiger partial charge on any atom is 0.189 e. The summed E-state index contributed by atoms with van der Waals surface area (Å²) < 4.78 is 2.00. The highest BCUT2D eigenvalue weighted by Crippen LogP contribution is 2.28. The Balaban J connectivity index is 2.25. The van der Waals surface area contributed by atoms with Crippen LogP contribution in [-0.2, 0) is 0 Å². The van der Waals surface area contributed by atoms with Crippen LogP contribution in [0.1, 0.15) is 0 Å². The summed E-state index contributed by atoms with van der Waals surface area (Å²) in [6, 6.07) is 11.3. The van der Waals surface area contributed by atoms with E-state index in [4.69, 9.17) is 0 Å². The lowest BCUT2D eigenvalue weighted by Gasteiger charge is -1.99. The minimum atomic E-state index is 0.0470. The second-order valence-corrected chi connectivity index (χ2v) is 5.08. The monoisotopic (exact) mass is 252 g/mol. The van der Waals surface area contributed by atoms with Crippen LogP contribution >= 0.6 is 11.3 Å². The fourth-order valence-electron chi connectivity index (χ4n) is 2.30. The number of nitrogens with zero attached hydrogens (tertiary/aromatic N) is 2. The molecule has 0 spiro atoms. The summed E-state index contributed by atoms with van der Waals surface area (Å²) in [6.45, 7) is 0. The van der Waals surface area contributed by atoms with Crippen LogP contribution < -0.4 is 5.43 Å². The first-order valence-electron chi connectivity index (χ1n) is 5.62. The van der Waals surface area contributed by atoms with Crippen LogP contribution in [0.5, 0.6) is 0 Å². The predicted molar refractivity (Wildman–Crippen MR) is 73.5 cm³/mol. The third-order valence-electron chi connectivity index (χ3n) is 3.09. The lowest BCUT2D eigenvalue weighted by Crippen LogP contribution is -2.01. The van der Waals surface area contributed by atoms with Crippen molar-refractivity contribution in [2.45, 2.75) is 0 Å². The lowest BCUT2D eigenvalue weighted by atomic mass is 10.2. The molecule has 4 rings (SSSR count). The van der Waals surface area contributed by atoms with Gasteiger partial charge < -0.3 is 0 Å². The molecule has 0 amide bonds. The summed E-state index contributed by atoms with van der Waals surface area (Å²) in [5.74, 6) is 0.899. The highest BCUT2D eigenvalue weighted by molar-refractivity contribution is 7.13. The molecule has 3 nitrogen and oxygen atoms in total. The number of aromatic nitrogens is 2. The van der Waals surface area contributed by atoms with Gasteiger partial charge in [0.2, 0.25) is 0 Å². The minimum Gasteiger partial charge on any atom is -0.298 e. The van der Waals surface area contributed by atoms with Gasteiger partial charge in [0.25, 0.3) is 0 Å². The van der Waals surface area contributed by atoms with Crippen molar-refractivity contribution in [1.82, 2.24) is 9.38 Å². The zero-order chi connectivity index (χ0) is 12.1. The Kier molecular flexibility index (Phi) is 1.85. The quantitative estimate of drug-likeness (QED) is 0.522. The van der Waals surface area contributed by atoms with Gasteiger partial charge in [0.1, 0.15) is 0 Å². The van der Waals surface area contributed by atoms with Crippen molar-refractivity contribution >= 4 is 27.8 Å². The Bertz CT molecular complexity index is 893. The summed E-state index contributed by atoms with van der Waals surface area (Å²) in [5.41, 5.74) is 1.83. The van der Waals surface area contributed by atoms with Gasteiger partial charge in [-0.05, 0) is 23.6 Å². The average molecular weight is 252 g/mol. The predicted octanol–water partition coefficient (Wildman–Crippen LogP) is 3.01. The number of hydrogen-bond donors (Lipinski definition) is 0. The van der Waals surface area contributed by atoms with E-state index < -0.39 is 0 Å². The molecule has 0 atom stereocenters. The van der Waals surface area contributed by atoms with Crippen LogP contribution in [0.2, 0.25) is 0 Å². The van der Waals surface area contributed by atoms with E-state index in [9.17, 15) is 4.79 Å². The van der Waals surface area contributed by atoms with Crippen LogP contribution in [-0.4, -0.2) is 9.38 Å². The number of rotatable bonds is 1. The largest absolute Gasteiger partial charge is 0.298 e. The molecular formula is C14H8N2OS. The number of pyridine rings is 1. The molecule has 4 aromatic rings. The van der Waals surface area contributed by atoms with E-state index in [1.165, 1.54) is 0 Å². The molecular weight excluding hydrogens is 244 g/mol. The summed E-state index contributed by atoms with van der Waals surface area (Å²) in [5, 5.41) is 2.76. The molecule has 1 aromatic carbocycles. The minimum absolute atomic E-state index is 0.0470. The van der Waals surface area contributed by atoms with Crippen molar-refractivity contribution in [3.8, 4) is 10.7 Å². The van der Waals surface area contributed by atoms with Crippen molar-refractivity contribution in [3.63, 3.8) is 0 Å². The van der Waals surface area contributed by atoms with Gasteiger partial charge in [-0.2, -0.15) is 0 Å². The molecule has 0 fully saturated rings. The van der Waals surface area contributed by atoms with Gasteiger partial charge in [-0.15, -0.1) is 11.3 Å². The Labute approximate surface area is 106 Å². The molecule has 0 aliphatic heterocycles. The highest BCUT2D eigenvalue weighted by Gasteiger charge is 2.13. The van der Waals surface area contributed by atoms with E-state index in [1.54, 1.807) is 23.6 Å². The molecule has 0 saturated carbocycles. The Morgan fingerprint density at radius 3 is 2.89 bits per heavy atom. The number of thiophene rings is 1. The average Bonchev–Trinajstić information content (AvgIpc) is 3.02. The first-order chi connectivity index (χ1) is 8.84. The third kappa shape index (κ3) is 1.18. The van der Waals surface area contributed by atoms with Crippen LogP contribution in [0.4, 0.5) is 0 Å². The van der Waals surface area contributed by atoms with Gasteiger partial charge in [0.05, 0.1) is 15.9 Å². The maximum absolute atomic E-state index is 11.8. The van der Waals surface area contributed by atoms with Crippen LogP contribution in [0.15, 0.2) is 52.8 Å². The molecule has 3 heterocycles. The third-order valence-corrected chi connectivity index (χ3v) is 3.96. The van der Waals surface area contributed by atoms with E-state index in [0.29, 0.717) is 0 Å². The summed E-state index contributed by atoms with van der Waals surface area (Å²) >= 11 is 1.65. The molecule has 18 heavy (non-hydrogen) atoms. The second-order valence-electron chi connectivity index (χ2n) is 4.14. The van der Waals surface area contributed by atoms with E-state index >= 15 is 0 Å². The van der Waals surface area contributed by atoms with Crippen molar-refractivity contribution in [2.75, 3.05) is 0 Å². The van der Waals surface area contributed by atoms with Gasteiger partial charge in [0, 0.05) is 17.6 Å². The summed E-state index contributed by atoms with van der Waals surface area (Å²) in [7, 11) is 0. The van der Waals surface area contributed by atoms with Gasteiger partial charge in [-0.1, -0.05) is 12.1 Å². The molecule has 0 N–H and O–H groups in total. The maximum atomic E-state index is 11.8. The smallest absolute Gasteiger partial charge is 0.189 e. The zero-order valence-electron chi connectivity index (χ0n) is 9.33. The highest BCUT2D eigenvalue weighted by atomic mass is 32.1. The zero-order valence-corrected chi connectivity index (χ0v) is 10.1. The standard InChI is InChI=1S/C14H8N2OS/c17-11-6-7-16-13-9(11)3-1-4-10(13)15-14(16)12-5-2-8-18-12/h1-8H. The molecule has 0 bridgehead atoms. The van der Waals surface area contributed by atoms with E-state index in [0.717, 1.165) is 27.1 Å². The number of imidazole rings is 1. The first-order valence-corrected chi connectivity index (χ1v) is 6.50. The number of hydrogen-bond acceptors (Lipinski definition) is 3. The van der Waals surface area contributed by atoms with Crippen molar-refractivity contribution in [2.24, 2.45) is 0 Å². The van der Waals surface area contributed by atoms with Gasteiger partial charge in [0.15, 0.2) is 11.3 Å². The van der Waals surface area contributed by atoms with Crippen LogP contribution in [0.3, 0.4) is 0 Å². The summed E-state index contributed by atoms with van der Waals surface area (Å²) in [4.78, 5) is 17.6. The van der Waals surface area contributed by atoms with E-state index in [1.807, 2.05) is 40.1 Å². The normalized spacial score (nSPS) is 11.6. The molecule has 0 aliphatic rings. The number of benzene rings is 1. The Morgan fingerprint density at radius 2 is 2.06 bits per heavy atom. The first kappa shape index (κ1) is 9.79. The van der Waals surface area contributed by atoms with E-state index in [2.05, 4.69) is 4.98 Å². The molecule has 0 aliphatic carbocycles. The lowest BCUT2D eigenvalue weighted by molar-refractivity contribution is 1.17.